The summed E-state index contributed by atoms with van der Waals surface area (Å²) in [7, 11) is 0. The second-order valence-electron chi connectivity index (χ2n) is 7.99. The predicted molar refractivity (Wildman–Crippen MR) is 117 cm³/mol. The van der Waals surface area contributed by atoms with Crippen LogP contribution in [0.4, 0.5) is 5.69 Å². The maximum atomic E-state index is 12.7. The van der Waals surface area contributed by atoms with Gasteiger partial charge in [-0.3, -0.25) is 4.79 Å². The van der Waals surface area contributed by atoms with Crippen molar-refractivity contribution in [3.8, 4) is 11.6 Å². The van der Waals surface area contributed by atoms with Crippen molar-refractivity contribution in [2.24, 2.45) is 0 Å². The summed E-state index contributed by atoms with van der Waals surface area (Å²) in [5, 5.41) is 2.27. The van der Waals surface area contributed by atoms with E-state index in [-0.39, 0.29) is 11.7 Å². The number of carbonyl (C=O) groups excluding carboxylic acids is 1. The Morgan fingerprint density at radius 2 is 1.70 bits per heavy atom. The maximum absolute atomic E-state index is 12.7. The summed E-state index contributed by atoms with van der Waals surface area (Å²) in [6, 6.07) is 22.7. The second kappa shape index (κ2) is 6.42. The van der Waals surface area contributed by atoms with Gasteiger partial charge in [-0.1, -0.05) is 60.7 Å². The molecule has 0 spiro atoms. The topological polar surface area (TPSA) is 65.2 Å². The van der Waals surface area contributed by atoms with Crippen LogP contribution in [-0.4, -0.2) is 10.8 Å². The number of hydrogen-bond acceptors (Lipinski definition) is 4. The summed E-state index contributed by atoms with van der Waals surface area (Å²) in [5.41, 5.74) is 11.6. The number of anilines is 1. The third-order valence-corrected chi connectivity index (χ3v) is 6.26. The molecule has 4 nitrogen and oxygen atoms in total. The zero-order valence-corrected chi connectivity index (χ0v) is 16.4. The lowest BCUT2D eigenvalue weighted by Gasteiger charge is -2.32. The Hall–Kier alpha value is -3.66. The summed E-state index contributed by atoms with van der Waals surface area (Å²) >= 11 is 0. The van der Waals surface area contributed by atoms with Crippen molar-refractivity contribution in [1.29, 1.82) is 0 Å². The van der Waals surface area contributed by atoms with E-state index in [0.29, 0.717) is 23.6 Å². The smallest absolute Gasteiger partial charge is 0.225 e. The molecule has 0 amide bonds. The zero-order valence-electron chi connectivity index (χ0n) is 16.4. The van der Waals surface area contributed by atoms with Crippen LogP contribution in [0.15, 0.2) is 66.7 Å². The third-order valence-electron chi connectivity index (χ3n) is 6.26. The largest absolute Gasteiger partial charge is 0.438 e. The standard InChI is InChI=1S/C26H20N2O2/c27-25-23-18(11-6-12-19(23)29)28-26-24(25)21(16-8-2-1-3-9-16)22-17-10-5-4-7-15(17)13-14-20(22)30-26/h1-5,7-10,13-14,21H,6,11-12H2,(H2,27,28). The van der Waals surface area contributed by atoms with Crippen molar-refractivity contribution >= 4 is 22.2 Å². The van der Waals surface area contributed by atoms with Gasteiger partial charge in [0.1, 0.15) is 5.75 Å². The Labute approximate surface area is 174 Å². The average molecular weight is 392 g/mol. The molecule has 0 bridgehead atoms. The summed E-state index contributed by atoms with van der Waals surface area (Å²) in [6.07, 6.45) is 2.08. The SMILES string of the molecule is Nc1c2c(nc3c1C(c1ccccc1)c1c(ccc4ccccc14)O3)CCCC2=O. The molecule has 4 heteroatoms. The van der Waals surface area contributed by atoms with E-state index in [1.54, 1.807) is 0 Å². The Morgan fingerprint density at radius 1 is 0.900 bits per heavy atom. The summed E-state index contributed by atoms with van der Waals surface area (Å²) < 4.78 is 6.32. The number of aryl methyl sites for hydroxylation is 1. The average Bonchev–Trinajstić information content (AvgIpc) is 2.78. The van der Waals surface area contributed by atoms with Crippen molar-refractivity contribution in [3.63, 3.8) is 0 Å². The molecule has 1 atom stereocenters. The van der Waals surface area contributed by atoms with Gasteiger partial charge in [0.15, 0.2) is 5.78 Å². The first-order chi connectivity index (χ1) is 14.7. The summed E-state index contributed by atoms with van der Waals surface area (Å²) in [6.45, 7) is 0. The molecule has 0 saturated carbocycles. The first-order valence-electron chi connectivity index (χ1n) is 10.3. The van der Waals surface area contributed by atoms with Crippen LogP contribution in [0.2, 0.25) is 0 Å². The lowest BCUT2D eigenvalue weighted by Crippen LogP contribution is -2.22. The Bertz CT molecular complexity index is 1330. The molecule has 3 aromatic carbocycles. The van der Waals surface area contributed by atoms with Gasteiger partial charge in [0.05, 0.1) is 22.5 Å². The first kappa shape index (κ1) is 17.2. The minimum atomic E-state index is -0.149. The van der Waals surface area contributed by atoms with E-state index in [9.17, 15) is 4.79 Å². The van der Waals surface area contributed by atoms with E-state index in [1.807, 2.05) is 36.4 Å². The number of ether oxygens (including phenoxy) is 1. The van der Waals surface area contributed by atoms with Gasteiger partial charge in [0.25, 0.3) is 0 Å². The number of hydrogen-bond donors (Lipinski definition) is 1. The van der Waals surface area contributed by atoms with Crippen LogP contribution in [0, 0.1) is 0 Å². The van der Waals surface area contributed by atoms with Crippen LogP contribution < -0.4 is 10.5 Å². The number of benzene rings is 3. The molecule has 30 heavy (non-hydrogen) atoms. The van der Waals surface area contributed by atoms with Crippen molar-refractivity contribution in [2.45, 2.75) is 25.2 Å². The van der Waals surface area contributed by atoms with E-state index >= 15 is 0 Å². The fourth-order valence-electron chi connectivity index (χ4n) is 4.92. The van der Waals surface area contributed by atoms with Gasteiger partial charge in [-0.25, -0.2) is 4.98 Å². The fourth-order valence-corrected chi connectivity index (χ4v) is 4.92. The van der Waals surface area contributed by atoms with Gasteiger partial charge in [0.2, 0.25) is 5.88 Å². The first-order valence-corrected chi connectivity index (χ1v) is 10.3. The highest BCUT2D eigenvalue weighted by molar-refractivity contribution is 6.04. The minimum Gasteiger partial charge on any atom is -0.438 e. The molecular weight excluding hydrogens is 372 g/mol. The highest BCUT2D eigenvalue weighted by atomic mass is 16.5. The third kappa shape index (κ3) is 2.40. The molecular formula is C26H20N2O2. The molecule has 6 rings (SSSR count). The van der Waals surface area contributed by atoms with Crippen LogP contribution in [0.1, 0.15) is 51.5 Å². The highest BCUT2D eigenvalue weighted by Gasteiger charge is 2.36. The molecule has 1 aromatic heterocycles. The monoisotopic (exact) mass is 392 g/mol. The summed E-state index contributed by atoms with van der Waals surface area (Å²) in [5.74, 6) is 1.25. The van der Waals surface area contributed by atoms with Crippen molar-refractivity contribution in [2.75, 3.05) is 5.73 Å². The Balaban J connectivity index is 1.71. The molecule has 146 valence electrons. The Morgan fingerprint density at radius 3 is 2.57 bits per heavy atom. The number of nitrogens with zero attached hydrogens (tertiary/aromatic N) is 1. The fraction of sp³-hybridized carbons (Fsp3) is 0.154. The van der Waals surface area contributed by atoms with E-state index in [1.165, 1.54) is 0 Å². The molecule has 1 aliphatic heterocycles. The number of nitrogen functional groups attached to an aromatic ring is 1. The normalized spacial score (nSPS) is 17.1. The van der Waals surface area contributed by atoms with Crippen molar-refractivity contribution in [3.05, 3.63) is 94.7 Å². The molecule has 2 N–H and O–H groups in total. The lowest BCUT2D eigenvalue weighted by molar-refractivity contribution is 0.0972. The van der Waals surface area contributed by atoms with Gasteiger partial charge >= 0.3 is 0 Å². The van der Waals surface area contributed by atoms with E-state index in [2.05, 4.69) is 30.3 Å². The number of rotatable bonds is 1. The quantitative estimate of drug-likeness (QED) is 0.402. The molecule has 0 fully saturated rings. The van der Waals surface area contributed by atoms with E-state index in [0.717, 1.165) is 51.7 Å². The van der Waals surface area contributed by atoms with E-state index in [4.69, 9.17) is 15.5 Å². The van der Waals surface area contributed by atoms with Gasteiger partial charge in [-0.2, -0.15) is 0 Å². The molecule has 1 aliphatic carbocycles. The number of Topliss-reactive ketones (excluding diaryl/α,β-unsaturated/α-hetero) is 1. The maximum Gasteiger partial charge on any atom is 0.225 e. The van der Waals surface area contributed by atoms with Gasteiger partial charge < -0.3 is 10.5 Å². The number of fused-ring (bicyclic) bond motifs is 5. The number of ketones is 1. The number of nitrogens with two attached hydrogens (primary N) is 1. The van der Waals surface area contributed by atoms with Gasteiger partial charge in [-0.15, -0.1) is 0 Å². The van der Waals surface area contributed by atoms with Crippen molar-refractivity contribution < 1.29 is 9.53 Å². The molecule has 0 radical (unpaired) electrons. The summed E-state index contributed by atoms with van der Waals surface area (Å²) in [4.78, 5) is 17.5. The number of carbonyl (C=O) groups is 1. The second-order valence-corrected chi connectivity index (χ2v) is 7.99. The predicted octanol–water partition coefficient (Wildman–Crippen LogP) is 5.62. The van der Waals surface area contributed by atoms with Gasteiger partial charge in [-0.05, 0) is 35.2 Å². The molecule has 4 aromatic rings. The van der Waals surface area contributed by atoms with Crippen LogP contribution in [0.5, 0.6) is 11.6 Å². The Kier molecular flexibility index (Phi) is 3.69. The van der Waals surface area contributed by atoms with Gasteiger partial charge in [0, 0.05) is 17.9 Å². The molecule has 2 heterocycles. The number of aromatic nitrogens is 1. The molecule has 0 saturated heterocycles. The zero-order chi connectivity index (χ0) is 20.2. The van der Waals surface area contributed by atoms with Crippen molar-refractivity contribution in [1.82, 2.24) is 4.98 Å². The van der Waals surface area contributed by atoms with Crippen LogP contribution >= 0.6 is 0 Å². The molecule has 2 aliphatic rings. The van der Waals surface area contributed by atoms with Crippen LogP contribution in [-0.2, 0) is 6.42 Å². The minimum absolute atomic E-state index is 0.0829. The number of pyridine rings is 1. The lowest BCUT2D eigenvalue weighted by atomic mass is 9.79. The van der Waals surface area contributed by atoms with Crippen LogP contribution in [0.3, 0.4) is 0 Å². The van der Waals surface area contributed by atoms with Crippen LogP contribution in [0.25, 0.3) is 10.8 Å². The highest BCUT2D eigenvalue weighted by Crippen LogP contribution is 2.52. The molecule has 1 unspecified atom stereocenters. The van der Waals surface area contributed by atoms with E-state index < -0.39 is 0 Å².